The second-order valence-corrected chi connectivity index (χ2v) is 5.25. The lowest BCUT2D eigenvalue weighted by Gasteiger charge is -2.25. The van der Waals surface area contributed by atoms with Crippen LogP contribution < -0.4 is 5.32 Å². The van der Waals surface area contributed by atoms with Crippen LogP contribution in [0.1, 0.15) is 29.9 Å². The van der Waals surface area contributed by atoms with Crippen LogP contribution in [0.25, 0.3) is 0 Å². The van der Waals surface area contributed by atoms with Crippen molar-refractivity contribution >= 4 is 11.9 Å². The lowest BCUT2D eigenvalue weighted by Crippen LogP contribution is -2.37. The maximum atomic E-state index is 10.9. The SMILES string of the molecule is Cc1nc(NC(CN(C)C)C(C)C)ncc1C(=O)O. The lowest BCUT2D eigenvalue weighted by atomic mass is 10.0. The van der Waals surface area contributed by atoms with Crippen LogP contribution in [0.2, 0.25) is 0 Å². The highest BCUT2D eigenvalue weighted by atomic mass is 16.4. The van der Waals surface area contributed by atoms with Gasteiger partial charge in [-0.1, -0.05) is 13.8 Å². The molecule has 6 heteroatoms. The maximum Gasteiger partial charge on any atom is 0.339 e. The third kappa shape index (κ3) is 4.48. The Hall–Kier alpha value is -1.69. The summed E-state index contributed by atoms with van der Waals surface area (Å²) < 4.78 is 0. The Balaban J connectivity index is 2.85. The first kappa shape index (κ1) is 15.4. The number of carboxylic acid groups (broad SMARTS) is 1. The Morgan fingerprint density at radius 2 is 2.11 bits per heavy atom. The van der Waals surface area contributed by atoms with Crippen molar-refractivity contribution in [1.29, 1.82) is 0 Å². The van der Waals surface area contributed by atoms with Crippen LogP contribution in [0.3, 0.4) is 0 Å². The fourth-order valence-corrected chi connectivity index (χ4v) is 1.73. The largest absolute Gasteiger partial charge is 0.478 e. The Kier molecular flexibility index (Phi) is 5.23. The molecule has 1 aromatic heterocycles. The average molecular weight is 266 g/mol. The predicted molar refractivity (Wildman–Crippen MR) is 74.5 cm³/mol. The molecule has 2 N–H and O–H groups in total. The van der Waals surface area contributed by atoms with Gasteiger partial charge in [0.1, 0.15) is 0 Å². The number of hydrogen-bond acceptors (Lipinski definition) is 5. The number of carboxylic acids is 1. The first-order chi connectivity index (χ1) is 8.81. The van der Waals surface area contributed by atoms with Crippen molar-refractivity contribution in [3.05, 3.63) is 17.5 Å². The van der Waals surface area contributed by atoms with E-state index in [1.54, 1.807) is 6.92 Å². The van der Waals surface area contributed by atoms with Gasteiger partial charge in [0, 0.05) is 18.8 Å². The number of aryl methyl sites for hydroxylation is 1. The molecule has 0 amide bonds. The second-order valence-electron chi connectivity index (χ2n) is 5.25. The maximum absolute atomic E-state index is 10.9. The van der Waals surface area contributed by atoms with Gasteiger partial charge in [-0.25, -0.2) is 14.8 Å². The van der Waals surface area contributed by atoms with E-state index in [0.29, 0.717) is 17.6 Å². The summed E-state index contributed by atoms with van der Waals surface area (Å²) in [7, 11) is 4.02. The number of aromatic nitrogens is 2. The molecule has 1 rings (SSSR count). The first-order valence-electron chi connectivity index (χ1n) is 6.29. The summed E-state index contributed by atoms with van der Waals surface area (Å²) in [5.74, 6) is -0.105. The molecule has 1 aromatic rings. The van der Waals surface area contributed by atoms with Gasteiger partial charge in [-0.15, -0.1) is 0 Å². The van der Waals surface area contributed by atoms with E-state index >= 15 is 0 Å². The molecule has 0 saturated heterocycles. The monoisotopic (exact) mass is 266 g/mol. The Labute approximate surface area is 113 Å². The van der Waals surface area contributed by atoms with Gasteiger partial charge in [-0.2, -0.15) is 0 Å². The number of hydrogen-bond donors (Lipinski definition) is 2. The molecule has 1 atom stereocenters. The summed E-state index contributed by atoms with van der Waals surface area (Å²) in [6, 6.07) is 0.213. The topological polar surface area (TPSA) is 78.4 Å². The number of likely N-dealkylation sites (N-methyl/N-ethyl adjacent to an activating group) is 1. The molecule has 0 spiro atoms. The highest BCUT2D eigenvalue weighted by Gasteiger charge is 2.16. The molecule has 0 radical (unpaired) electrons. The first-order valence-corrected chi connectivity index (χ1v) is 6.29. The van der Waals surface area contributed by atoms with Gasteiger partial charge >= 0.3 is 5.97 Å². The molecule has 0 bridgehead atoms. The van der Waals surface area contributed by atoms with Crippen LogP contribution >= 0.6 is 0 Å². The van der Waals surface area contributed by atoms with Crippen molar-refractivity contribution in [1.82, 2.24) is 14.9 Å². The molecule has 0 aliphatic carbocycles. The van der Waals surface area contributed by atoms with Crippen LogP contribution in [-0.2, 0) is 0 Å². The normalized spacial score (nSPS) is 12.8. The van der Waals surface area contributed by atoms with Gasteiger partial charge in [0.05, 0.1) is 11.3 Å². The Bertz CT molecular complexity index is 446. The smallest absolute Gasteiger partial charge is 0.339 e. The minimum Gasteiger partial charge on any atom is -0.478 e. The Morgan fingerprint density at radius 3 is 2.53 bits per heavy atom. The van der Waals surface area contributed by atoms with E-state index in [9.17, 15) is 4.79 Å². The molecule has 6 nitrogen and oxygen atoms in total. The van der Waals surface area contributed by atoms with Gasteiger partial charge in [-0.05, 0) is 26.9 Å². The standard InChI is InChI=1S/C13H22N4O2/c1-8(2)11(7-17(4)5)16-13-14-6-10(12(18)19)9(3)15-13/h6,8,11H,7H2,1-5H3,(H,18,19)(H,14,15,16). The van der Waals surface area contributed by atoms with Gasteiger partial charge in [0.15, 0.2) is 0 Å². The third-order valence-corrected chi connectivity index (χ3v) is 2.89. The van der Waals surface area contributed by atoms with Gasteiger partial charge in [-0.3, -0.25) is 0 Å². The number of aromatic carboxylic acids is 1. The van der Waals surface area contributed by atoms with E-state index in [4.69, 9.17) is 5.11 Å². The molecule has 0 aliphatic rings. The highest BCUT2D eigenvalue weighted by Crippen LogP contribution is 2.12. The molecule has 19 heavy (non-hydrogen) atoms. The number of nitrogens with zero attached hydrogens (tertiary/aromatic N) is 3. The number of anilines is 1. The number of rotatable bonds is 6. The van der Waals surface area contributed by atoms with Crippen LogP contribution in [-0.4, -0.2) is 52.6 Å². The molecule has 1 heterocycles. The number of carbonyl (C=O) groups is 1. The van der Waals surface area contributed by atoms with Crippen LogP contribution in [0, 0.1) is 12.8 Å². The van der Waals surface area contributed by atoms with Gasteiger partial charge in [0.2, 0.25) is 5.95 Å². The molecule has 0 saturated carbocycles. The zero-order chi connectivity index (χ0) is 14.6. The van der Waals surface area contributed by atoms with Gasteiger partial charge < -0.3 is 15.3 Å². The van der Waals surface area contributed by atoms with E-state index in [2.05, 4.69) is 34.0 Å². The summed E-state index contributed by atoms with van der Waals surface area (Å²) in [5.41, 5.74) is 0.608. The zero-order valence-corrected chi connectivity index (χ0v) is 12.1. The molecular weight excluding hydrogens is 244 g/mol. The van der Waals surface area contributed by atoms with E-state index in [1.165, 1.54) is 6.20 Å². The Morgan fingerprint density at radius 1 is 1.47 bits per heavy atom. The summed E-state index contributed by atoms with van der Waals surface area (Å²) in [6.07, 6.45) is 1.35. The summed E-state index contributed by atoms with van der Waals surface area (Å²) in [5, 5.41) is 12.2. The molecule has 106 valence electrons. The summed E-state index contributed by atoms with van der Waals surface area (Å²) in [6.45, 7) is 6.78. The zero-order valence-electron chi connectivity index (χ0n) is 12.1. The van der Waals surface area contributed by atoms with Gasteiger partial charge in [0.25, 0.3) is 0 Å². The average Bonchev–Trinajstić information content (AvgIpc) is 2.26. The molecular formula is C13H22N4O2. The van der Waals surface area contributed by atoms with E-state index < -0.39 is 5.97 Å². The fourth-order valence-electron chi connectivity index (χ4n) is 1.73. The van der Waals surface area contributed by atoms with Crippen molar-refractivity contribution in [2.75, 3.05) is 26.0 Å². The third-order valence-electron chi connectivity index (χ3n) is 2.89. The second kappa shape index (κ2) is 6.47. The van der Waals surface area contributed by atoms with E-state index in [0.717, 1.165) is 6.54 Å². The fraction of sp³-hybridized carbons (Fsp3) is 0.615. The van der Waals surface area contributed by atoms with E-state index in [-0.39, 0.29) is 11.6 Å². The predicted octanol–water partition coefficient (Wildman–Crippen LogP) is 1.48. The van der Waals surface area contributed by atoms with Crippen molar-refractivity contribution in [3.63, 3.8) is 0 Å². The minimum absolute atomic E-state index is 0.138. The van der Waals surface area contributed by atoms with Crippen molar-refractivity contribution in [3.8, 4) is 0 Å². The van der Waals surface area contributed by atoms with Crippen LogP contribution in [0.15, 0.2) is 6.20 Å². The number of nitrogens with one attached hydrogen (secondary N) is 1. The minimum atomic E-state index is -1.00. The molecule has 0 fully saturated rings. The molecule has 0 aromatic carbocycles. The van der Waals surface area contributed by atoms with Crippen LogP contribution in [0.4, 0.5) is 5.95 Å². The molecule has 1 unspecified atom stereocenters. The van der Waals surface area contributed by atoms with Crippen molar-refractivity contribution in [2.24, 2.45) is 5.92 Å². The van der Waals surface area contributed by atoms with Crippen molar-refractivity contribution in [2.45, 2.75) is 26.8 Å². The highest BCUT2D eigenvalue weighted by molar-refractivity contribution is 5.88. The quantitative estimate of drug-likeness (QED) is 0.812. The lowest BCUT2D eigenvalue weighted by molar-refractivity contribution is 0.0695. The summed E-state index contributed by atoms with van der Waals surface area (Å²) in [4.78, 5) is 21.3. The van der Waals surface area contributed by atoms with Crippen LogP contribution in [0.5, 0.6) is 0 Å². The summed E-state index contributed by atoms with van der Waals surface area (Å²) >= 11 is 0. The molecule has 0 aliphatic heterocycles. The van der Waals surface area contributed by atoms with Crippen molar-refractivity contribution < 1.29 is 9.90 Å². The van der Waals surface area contributed by atoms with E-state index in [1.807, 2.05) is 14.1 Å².